The number of nitrogens with zero attached hydrogens (tertiary/aromatic N) is 3. The van der Waals surface area contributed by atoms with E-state index in [9.17, 15) is 9.90 Å². The fourth-order valence-corrected chi connectivity index (χ4v) is 3.58. The maximum atomic E-state index is 12.0. The minimum absolute atomic E-state index is 0.0538. The predicted octanol–water partition coefficient (Wildman–Crippen LogP) is 1.99. The molecule has 1 aromatic carbocycles. The summed E-state index contributed by atoms with van der Waals surface area (Å²) >= 11 is 0. The molecule has 6 heteroatoms. The van der Waals surface area contributed by atoms with E-state index >= 15 is 0 Å². The molecule has 146 valence electrons. The minimum Gasteiger partial charge on any atom is -0.385 e. The Morgan fingerprint density at radius 3 is 2.48 bits per heavy atom. The molecule has 1 saturated heterocycles. The summed E-state index contributed by atoms with van der Waals surface area (Å²) in [4.78, 5) is 14.3. The van der Waals surface area contributed by atoms with Gasteiger partial charge < -0.3 is 15.3 Å². The topological polar surface area (TPSA) is 70.4 Å². The second-order valence-corrected chi connectivity index (χ2v) is 7.53. The molecule has 1 fully saturated rings. The van der Waals surface area contributed by atoms with Gasteiger partial charge in [0.25, 0.3) is 0 Å². The van der Waals surface area contributed by atoms with Crippen LogP contribution in [-0.2, 0) is 16.9 Å². The third-order valence-electron chi connectivity index (χ3n) is 5.50. The Labute approximate surface area is 161 Å². The lowest BCUT2D eigenvalue weighted by Gasteiger charge is -2.38. The number of rotatable bonds is 7. The highest BCUT2D eigenvalue weighted by Gasteiger charge is 2.33. The molecule has 2 heterocycles. The molecule has 2 aromatic rings. The molecule has 0 aliphatic carbocycles. The molecule has 0 spiro atoms. The maximum Gasteiger partial charge on any atom is 0.221 e. The maximum absolute atomic E-state index is 12.0. The van der Waals surface area contributed by atoms with Crippen molar-refractivity contribution in [2.75, 3.05) is 26.2 Å². The lowest BCUT2D eigenvalue weighted by atomic mass is 9.84. The van der Waals surface area contributed by atoms with Crippen LogP contribution in [0.1, 0.15) is 36.1 Å². The van der Waals surface area contributed by atoms with E-state index in [1.54, 1.807) is 6.20 Å². The number of carbonyl (C=O) groups is 1. The van der Waals surface area contributed by atoms with Crippen molar-refractivity contribution in [1.29, 1.82) is 0 Å². The summed E-state index contributed by atoms with van der Waals surface area (Å²) in [6.45, 7) is 7.79. The van der Waals surface area contributed by atoms with Gasteiger partial charge in [0.2, 0.25) is 5.91 Å². The number of benzene rings is 1. The first-order valence-corrected chi connectivity index (χ1v) is 9.73. The van der Waals surface area contributed by atoms with E-state index in [1.165, 1.54) is 5.56 Å². The standard InChI is InChI=1S/C21H30N4O2/c1-17-3-5-19(6-4-17)21(27)9-14-24(15-10-21)16-12-22-20(26)8-13-25-18(2)7-11-23-25/h3-7,11,27H,8-10,12-16H2,1-2H3,(H,22,26). The van der Waals surface area contributed by atoms with Crippen LogP contribution in [0.5, 0.6) is 0 Å². The monoisotopic (exact) mass is 370 g/mol. The normalized spacial score (nSPS) is 17.0. The summed E-state index contributed by atoms with van der Waals surface area (Å²) in [6.07, 6.45) is 3.64. The zero-order chi connectivity index (χ0) is 19.3. The van der Waals surface area contributed by atoms with E-state index in [0.29, 0.717) is 19.5 Å². The third-order valence-corrected chi connectivity index (χ3v) is 5.50. The van der Waals surface area contributed by atoms with Gasteiger partial charge in [0, 0.05) is 51.0 Å². The van der Waals surface area contributed by atoms with Gasteiger partial charge in [-0.3, -0.25) is 9.48 Å². The van der Waals surface area contributed by atoms with Crippen molar-refractivity contribution in [2.24, 2.45) is 0 Å². The number of carbonyl (C=O) groups excluding carboxylic acids is 1. The van der Waals surface area contributed by atoms with Crippen molar-refractivity contribution < 1.29 is 9.90 Å². The van der Waals surface area contributed by atoms with Crippen LogP contribution in [0.4, 0.5) is 0 Å². The average Bonchev–Trinajstić information content (AvgIpc) is 3.07. The van der Waals surface area contributed by atoms with Crippen LogP contribution >= 0.6 is 0 Å². The smallest absolute Gasteiger partial charge is 0.221 e. The van der Waals surface area contributed by atoms with E-state index in [1.807, 2.05) is 29.8 Å². The zero-order valence-electron chi connectivity index (χ0n) is 16.3. The van der Waals surface area contributed by atoms with Crippen LogP contribution in [0.15, 0.2) is 36.5 Å². The molecule has 1 aliphatic rings. The second-order valence-electron chi connectivity index (χ2n) is 7.53. The molecule has 1 aliphatic heterocycles. The number of hydrogen-bond donors (Lipinski definition) is 2. The molecule has 2 N–H and O–H groups in total. The summed E-state index contributed by atoms with van der Waals surface area (Å²) in [5, 5.41) is 18.1. The Morgan fingerprint density at radius 1 is 1.15 bits per heavy atom. The van der Waals surface area contributed by atoms with Crippen LogP contribution in [-0.4, -0.2) is 51.9 Å². The number of aromatic nitrogens is 2. The van der Waals surface area contributed by atoms with Crippen molar-refractivity contribution in [1.82, 2.24) is 20.0 Å². The molecule has 0 unspecified atom stereocenters. The Hall–Kier alpha value is -2.18. The van der Waals surface area contributed by atoms with E-state index in [4.69, 9.17) is 0 Å². The fourth-order valence-electron chi connectivity index (χ4n) is 3.58. The first-order chi connectivity index (χ1) is 13.0. The summed E-state index contributed by atoms with van der Waals surface area (Å²) in [5.41, 5.74) is 2.56. The van der Waals surface area contributed by atoms with Crippen LogP contribution in [0.25, 0.3) is 0 Å². The van der Waals surface area contributed by atoms with E-state index in [0.717, 1.165) is 43.7 Å². The van der Waals surface area contributed by atoms with Crippen LogP contribution in [0.3, 0.4) is 0 Å². The van der Waals surface area contributed by atoms with Crippen molar-refractivity contribution in [3.8, 4) is 0 Å². The molecule has 1 aromatic heterocycles. The fraction of sp³-hybridized carbons (Fsp3) is 0.524. The van der Waals surface area contributed by atoms with Crippen LogP contribution in [0.2, 0.25) is 0 Å². The van der Waals surface area contributed by atoms with E-state index in [-0.39, 0.29) is 5.91 Å². The number of amides is 1. The highest BCUT2D eigenvalue weighted by atomic mass is 16.3. The van der Waals surface area contributed by atoms with Crippen LogP contribution < -0.4 is 5.32 Å². The zero-order valence-corrected chi connectivity index (χ0v) is 16.3. The highest BCUT2D eigenvalue weighted by Crippen LogP contribution is 2.32. The van der Waals surface area contributed by atoms with E-state index < -0.39 is 5.60 Å². The van der Waals surface area contributed by atoms with Gasteiger partial charge in [-0.1, -0.05) is 29.8 Å². The van der Waals surface area contributed by atoms with Crippen LogP contribution in [0, 0.1) is 13.8 Å². The number of aryl methyl sites for hydroxylation is 3. The summed E-state index contributed by atoms with van der Waals surface area (Å²) in [7, 11) is 0. The third kappa shape index (κ3) is 5.17. The van der Waals surface area contributed by atoms with Crippen molar-refractivity contribution in [2.45, 2.75) is 45.3 Å². The van der Waals surface area contributed by atoms with Gasteiger partial charge in [-0.25, -0.2) is 0 Å². The van der Waals surface area contributed by atoms with Gasteiger partial charge in [-0.05, 0) is 38.3 Å². The number of likely N-dealkylation sites (tertiary alicyclic amines) is 1. The van der Waals surface area contributed by atoms with Gasteiger partial charge in [0.05, 0.1) is 5.60 Å². The lowest BCUT2D eigenvalue weighted by Crippen LogP contribution is -2.45. The number of piperidine rings is 1. The quantitative estimate of drug-likeness (QED) is 0.782. The van der Waals surface area contributed by atoms with Gasteiger partial charge in [-0.15, -0.1) is 0 Å². The Morgan fingerprint density at radius 2 is 1.85 bits per heavy atom. The summed E-state index contributed by atoms with van der Waals surface area (Å²) in [5.74, 6) is 0.0538. The van der Waals surface area contributed by atoms with Gasteiger partial charge in [0.15, 0.2) is 0 Å². The minimum atomic E-state index is -0.727. The predicted molar refractivity (Wildman–Crippen MR) is 105 cm³/mol. The highest BCUT2D eigenvalue weighted by molar-refractivity contribution is 5.75. The average molecular weight is 370 g/mol. The van der Waals surface area contributed by atoms with Gasteiger partial charge in [0.1, 0.15) is 0 Å². The van der Waals surface area contributed by atoms with Gasteiger partial charge in [-0.2, -0.15) is 5.10 Å². The van der Waals surface area contributed by atoms with Crippen molar-refractivity contribution in [3.05, 3.63) is 53.3 Å². The SMILES string of the molecule is Cc1ccc(C2(O)CCN(CCNC(=O)CCn3nccc3C)CC2)cc1. The lowest BCUT2D eigenvalue weighted by molar-refractivity contribution is -0.121. The Balaban J connectivity index is 1.36. The summed E-state index contributed by atoms with van der Waals surface area (Å²) < 4.78 is 1.84. The Bertz CT molecular complexity index is 746. The molecule has 0 saturated carbocycles. The van der Waals surface area contributed by atoms with Crippen molar-refractivity contribution >= 4 is 5.91 Å². The first-order valence-electron chi connectivity index (χ1n) is 9.73. The number of aliphatic hydroxyl groups is 1. The molecule has 0 radical (unpaired) electrons. The molecular weight excluding hydrogens is 340 g/mol. The van der Waals surface area contributed by atoms with Gasteiger partial charge >= 0.3 is 0 Å². The van der Waals surface area contributed by atoms with Crippen molar-refractivity contribution in [3.63, 3.8) is 0 Å². The molecular formula is C21H30N4O2. The van der Waals surface area contributed by atoms with E-state index in [2.05, 4.69) is 34.4 Å². The molecule has 6 nitrogen and oxygen atoms in total. The Kier molecular flexibility index (Phi) is 6.29. The number of nitrogens with one attached hydrogen (secondary N) is 1. The number of hydrogen-bond acceptors (Lipinski definition) is 4. The molecule has 0 bridgehead atoms. The summed E-state index contributed by atoms with van der Waals surface area (Å²) in [6, 6.07) is 10.1. The molecule has 0 atom stereocenters. The first kappa shape index (κ1) is 19.6. The molecule has 27 heavy (non-hydrogen) atoms. The second kappa shape index (κ2) is 8.67. The molecule has 3 rings (SSSR count). The largest absolute Gasteiger partial charge is 0.385 e. The molecule has 1 amide bonds.